The van der Waals surface area contributed by atoms with Gasteiger partial charge in [-0.1, -0.05) is 259 Å². The van der Waals surface area contributed by atoms with Gasteiger partial charge >= 0.3 is 0 Å². The lowest BCUT2D eigenvalue weighted by Crippen LogP contribution is -2.21. The highest BCUT2D eigenvalue weighted by Gasteiger charge is 2.27. The Bertz CT molecular complexity index is 5760. The van der Waals surface area contributed by atoms with Crippen molar-refractivity contribution in [2.45, 2.75) is 184 Å². The summed E-state index contributed by atoms with van der Waals surface area (Å²) in [5.41, 5.74) is 19.5. The molecule has 0 radical (unpaired) electrons. The number of rotatable bonds is 2. The van der Waals surface area contributed by atoms with Gasteiger partial charge in [0.25, 0.3) is 0 Å². The molecule has 0 aliphatic rings. The maximum atomic E-state index is 2.50. The van der Waals surface area contributed by atoms with Gasteiger partial charge in [-0.3, -0.25) is 0 Å². The molecule has 5 heterocycles. The lowest BCUT2D eigenvalue weighted by atomic mass is 9.84. The van der Waals surface area contributed by atoms with Gasteiger partial charge in [-0.15, -0.1) is 22.7 Å². The predicted octanol–water partition coefficient (Wildman–Crippen LogP) is 30.3. The van der Waals surface area contributed by atoms with Gasteiger partial charge in [-0.05, 0) is 219 Å². The summed E-state index contributed by atoms with van der Waals surface area (Å²) >= 11 is 3.77. The smallest absolute Gasteiger partial charge is 0.0496 e. The summed E-state index contributed by atoms with van der Waals surface area (Å²) in [6.07, 6.45) is 0. The molecule has 5 aromatic heterocycles. The summed E-state index contributed by atoms with van der Waals surface area (Å²) in [5.74, 6) is 0. The van der Waals surface area contributed by atoms with E-state index in [4.69, 9.17) is 0 Å². The minimum Gasteiger partial charge on any atom is -0.335 e. The quantitative estimate of drug-likeness (QED) is 0.164. The first kappa shape index (κ1) is 73.8. The largest absolute Gasteiger partial charge is 0.335 e. The molecule has 17 aromatic rings. The molecule has 5 heteroatoms. The summed E-state index contributed by atoms with van der Waals surface area (Å²) in [6, 6.07) is 97.3. The van der Waals surface area contributed by atoms with E-state index in [-0.39, 0.29) is 38.3 Å². The van der Waals surface area contributed by atoms with Crippen LogP contribution in [0, 0.1) is 0 Å². The molecule has 0 saturated heterocycles. The van der Waals surface area contributed by atoms with Crippen molar-refractivity contribution < 1.29 is 0 Å². The zero-order chi connectivity index (χ0) is 74.9. The number of para-hydroxylation sites is 2. The van der Waals surface area contributed by atoms with Crippen molar-refractivity contribution >= 4 is 128 Å². The molecule has 0 N–H and O–H groups in total. The number of benzene rings is 12. The van der Waals surface area contributed by atoms with E-state index in [1.807, 2.05) is 22.7 Å². The van der Waals surface area contributed by atoms with Crippen molar-refractivity contribution in [3.05, 3.63) is 289 Å². The summed E-state index contributed by atoms with van der Waals surface area (Å²) < 4.78 is 13.0. The van der Waals surface area contributed by atoms with Crippen molar-refractivity contribution in [2.24, 2.45) is 0 Å². The molecule has 12 aromatic carbocycles. The van der Waals surface area contributed by atoms with E-state index in [2.05, 4.69) is 426 Å². The molecule has 534 valence electrons. The maximum Gasteiger partial charge on any atom is 0.0496 e. The average Bonchev–Trinajstić information content (AvgIpc) is 1.56. The Morgan fingerprint density at radius 3 is 0.914 bits per heavy atom. The molecule has 3 nitrogen and oxygen atoms in total. The van der Waals surface area contributed by atoms with Crippen molar-refractivity contribution in [2.75, 3.05) is 0 Å². The first-order valence-electron chi connectivity index (χ1n) is 37.6. The summed E-state index contributed by atoms with van der Waals surface area (Å²) in [4.78, 5) is 0. The van der Waals surface area contributed by atoms with Crippen molar-refractivity contribution in [1.82, 2.24) is 13.7 Å². The number of thiophene rings is 2. The zero-order valence-electron chi connectivity index (χ0n) is 66.1. The molecule has 105 heavy (non-hydrogen) atoms. The second-order valence-electron chi connectivity index (χ2n) is 35.8. The molecule has 17 rings (SSSR count). The van der Waals surface area contributed by atoms with Gasteiger partial charge in [0.1, 0.15) is 0 Å². The van der Waals surface area contributed by atoms with Crippen LogP contribution in [0.2, 0.25) is 0 Å². The molecule has 0 saturated carbocycles. The van der Waals surface area contributed by atoms with Crippen LogP contribution in [0.25, 0.3) is 128 Å². The minimum absolute atomic E-state index is 0.00251. The fourth-order valence-electron chi connectivity index (χ4n) is 15.3. The Hall–Kier alpha value is -9.52. The molecule has 0 spiro atoms. The van der Waals surface area contributed by atoms with Crippen LogP contribution in [0.1, 0.15) is 168 Å². The standard InChI is InChI=1S/C28H25N.C24H33N.C16H17N.2C16H16S/c1-28(2,3)29-26-16-14-22(20-10-6-4-7-11-20)18-24(26)25-19-23(15-17-27(25)29)21-12-8-5-9-13-21;1-22(2,3)16-10-12-20-18(14-16)19-15-17(23(4,5)6)11-13-21(19)25(20)24(7,8)9;1-16(2,3)17-14-10-6-4-8-12(14)13-9-5-7-11-15(13)17;1-16(2,3)12-8-6-10-14-15(12)11-7-4-5-9-13(11)17-14;1-16(2,3)11-8-9-15-13(10-11)12-6-4-5-7-14(12)17-15/h4-19H,1-3H3;10-15H,1-9H3;4-11H,1-3H3;2*4-10H,1-3H3. The molecule has 0 bridgehead atoms. The molecule has 0 aliphatic heterocycles. The van der Waals surface area contributed by atoms with Crippen LogP contribution in [0.3, 0.4) is 0 Å². The number of fused-ring (bicyclic) bond motifs is 15. The Morgan fingerprint density at radius 1 is 0.200 bits per heavy atom. The average molecular weight is 1420 g/mol. The van der Waals surface area contributed by atoms with Crippen molar-refractivity contribution in [1.29, 1.82) is 0 Å². The Kier molecular flexibility index (Phi) is 19.7. The van der Waals surface area contributed by atoms with Gasteiger partial charge < -0.3 is 13.7 Å². The molecule has 0 aliphatic carbocycles. The molecule has 0 atom stereocenters. The van der Waals surface area contributed by atoms with E-state index in [9.17, 15) is 0 Å². The normalized spacial score (nSPS) is 12.6. The second-order valence-corrected chi connectivity index (χ2v) is 38.0. The highest BCUT2D eigenvalue weighted by atomic mass is 32.1. The lowest BCUT2D eigenvalue weighted by Gasteiger charge is -2.25. The summed E-state index contributed by atoms with van der Waals surface area (Å²) in [5, 5.41) is 13.7. The number of aromatic nitrogens is 3. The molecular weight excluding hydrogens is 1310 g/mol. The predicted molar refractivity (Wildman–Crippen MR) is 468 cm³/mol. The number of hydrogen-bond donors (Lipinski definition) is 0. The van der Waals surface area contributed by atoms with Crippen molar-refractivity contribution in [3.63, 3.8) is 0 Å². The minimum atomic E-state index is 0.00251. The third-order valence-electron chi connectivity index (χ3n) is 20.5. The van der Waals surface area contributed by atoms with Crippen LogP contribution in [0.4, 0.5) is 0 Å². The zero-order valence-corrected chi connectivity index (χ0v) is 67.7. The van der Waals surface area contributed by atoms with Crippen LogP contribution < -0.4 is 0 Å². The summed E-state index contributed by atoms with van der Waals surface area (Å²) in [6.45, 7) is 47.9. The first-order valence-corrected chi connectivity index (χ1v) is 39.3. The van der Waals surface area contributed by atoms with Gasteiger partial charge in [-0.2, -0.15) is 0 Å². The van der Waals surface area contributed by atoms with Gasteiger partial charge in [0.2, 0.25) is 0 Å². The van der Waals surface area contributed by atoms with Crippen LogP contribution in [-0.4, -0.2) is 13.7 Å². The molecule has 0 fully saturated rings. The van der Waals surface area contributed by atoms with Crippen molar-refractivity contribution in [3.8, 4) is 22.3 Å². The fraction of sp³-hybridized carbons (Fsp3) is 0.280. The highest BCUT2D eigenvalue weighted by Crippen LogP contribution is 2.44. The third-order valence-corrected chi connectivity index (χ3v) is 22.8. The second kappa shape index (κ2) is 28.1. The first-order chi connectivity index (χ1) is 49.5. The van der Waals surface area contributed by atoms with E-state index >= 15 is 0 Å². The fourth-order valence-corrected chi connectivity index (χ4v) is 17.5. The van der Waals surface area contributed by atoms with E-state index in [1.165, 1.54) is 150 Å². The molecule has 0 amide bonds. The van der Waals surface area contributed by atoms with E-state index in [0.29, 0.717) is 0 Å². The van der Waals surface area contributed by atoms with E-state index in [1.54, 1.807) is 0 Å². The van der Waals surface area contributed by atoms with Crippen LogP contribution in [-0.2, 0) is 38.3 Å². The van der Waals surface area contributed by atoms with Gasteiger partial charge in [0.15, 0.2) is 0 Å². The Labute approximate surface area is 632 Å². The van der Waals surface area contributed by atoms with Crippen LogP contribution >= 0.6 is 22.7 Å². The molecule has 0 unspecified atom stereocenters. The summed E-state index contributed by atoms with van der Waals surface area (Å²) in [7, 11) is 0. The van der Waals surface area contributed by atoms with E-state index < -0.39 is 0 Å². The van der Waals surface area contributed by atoms with E-state index in [0.717, 1.165) is 0 Å². The SMILES string of the molecule is CC(C)(C)c1ccc2c(c1)c1cc(C(C)(C)C)ccc1n2C(C)(C)C.CC(C)(C)c1ccc2sc3ccccc3c2c1.CC(C)(C)c1cccc2sc3ccccc3c12.CC(C)(C)n1c2ccc(-c3ccccc3)cc2c2cc(-c3ccccc3)ccc21.CC(C)(C)n1c2ccccc2c2ccccc21. The van der Waals surface area contributed by atoms with Gasteiger partial charge in [0, 0.05) is 122 Å². The number of nitrogens with zero attached hydrogens (tertiary/aromatic N) is 3. The molecular formula is C100H107N3S2. The van der Waals surface area contributed by atoms with Crippen LogP contribution in [0.5, 0.6) is 0 Å². The number of hydrogen-bond acceptors (Lipinski definition) is 2. The monoisotopic (exact) mass is 1410 g/mol. The third kappa shape index (κ3) is 15.1. The van der Waals surface area contributed by atoms with Crippen LogP contribution in [0.15, 0.2) is 267 Å². The maximum absolute atomic E-state index is 2.50. The van der Waals surface area contributed by atoms with Gasteiger partial charge in [0.05, 0.1) is 0 Å². The topological polar surface area (TPSA) is 14.8 Å². The van der Waals surface area contributed by atoms with Gasteiger partial charge in [-0.25, -0.2) is 0 Å². The lowest BCUT2D eigenvalue weighted by molar-refractivity contribution is 0.423. The Balaban J connectivity index is 0.000000119. The highest BCUT2D eigenvalue weighted by molar-refractivity contribution is 7.26. The Morgan fingerprint density at radius 2 is 0.505 bits per heavy atom.